The van der Waals surface area contributed by atoms with E-state index in [1.54, 1.807) is 11.3 Å². The summed E-state index contributed by atoms with van der Waals surface area (Å²) in [4.78, 5) is 17.8. The quantitative estimate of drug-likeness (QED) is 0.767. The van der Waals surface area contributed by atoms with Crippen LogP contribution in [0.15, 0.2) is 35.7 Å². The van der Waals surface area contributed by atoms with Gasteiger partial charge >= 0.3 is 5.97 Å². The van der Waals surface area contributed by atoms with Crippen LogP contribution < -0.4 is 4.90 Å². The number of benzene rings is 1. The van der Waals surface area contributed by atoms with Crippen LogP contribution in [0.1, 0.15) is 11.3 Å². The normalized spacial score (nSPS) is 10.3. The topological polar surface area (TPSA) is 42.4 Å². The molecule has 0 aliphatic carbocycles. The molecule has 4 nitrogen and oxygen atoms in total. The number of methoxy groups -OCH3 is 1. The number of thiazole rings is 1. The van der Waals surface area contributed by atoms with Crippen molar-refractivity contribution in [2.45, 2.75) is 12.8 Å². The minimum absolute atomic E-state index is 0.236. The van der Waals surface area contributed by atoms with Gasteiger partial charge in [-0.25, -0.2) is 4.98 Å². The summed E-state index contributed by atoms with van der Waals surface area (Å²) < 4.78 is 4.64. The third kappa shape index (κ3) is 4.06. The maximum atomic E-state index is 11.2. The van der Waals surface area contributed by atoms with Crippen molar-refractivity contribution in [2.75, 3.05) is 25.6 Å². The van der Waals surface area contributed by atoms with Crippen molar-refractivity contribution in [2.24, 2.45) is 0 Å². The van der Waals surface area contributed by atoms with Crippen LogP contribution in [0.4, 0.5) is 5.13 Å². The Bertz CT molecular complexity index is 554. The fourth-order valence-corrected chi connectivity index (χ4v) is 2.63. The maximum absolute atomic E-state index is 11.2. The van der Waals surface area contributed by atoms with E-state index in [9.17, 15) is 4.79 Å². The van der Waals surface area contributed by atoms with Crippen molar-refractivity contribution >= 4 is 22.4 Å². The van der Waals surface area contributed by atoms with E-state index in [0.717, 1.165) is 23.8 Å². The molecule has 0 atom stereocenters. The first-order valence-electron chi connectivity index (χ1n) is 6.45. The molecule has 0 aliphatic heterocycles. The highest BCUT2D eigenvalue weighted by molar-refractivity contribution is 7.13. The van der Waals surface area contributed by atoms with Crippen molar-refractivity contribution in [3.63, 3.8) is 0 Å². The van der Waals surface area contributed by atoms with Crippen LogP contribution in [0.2, 0.25) is 0 Å². The highest BCUT2D eigenvalue weighted by Crippen LogP contribution is 2.20. The lowest BCUT2D eigenvalue weighted by Crippen LogP contribution is -2.20. The van der Waals surface area contributed by atoms with E-state index in [0.29, 0.717) is 0 Å². The van der Waals surface area contributed by atoms with Gasteiger partial charge in [-0.05, 0) is 12.0 Å². The molecule has 0 saturated carbocycles. The summed E-state index contributed by atoms with van der Waals surface area (Å²) >= 11 is 1.55. The lowest BCUT2D eigenvalue weighted by atomic mass is 10.1. The van der Waals surface area contributed by atoms with Gasteiger partial charge in [-0.15, -0.1) is 11.3 Å². The van der Waals surface area contributed by atoms with Crippen molar-refractivity contribution in [3.05, 3.63) is 47.0 Å². The van der Waals surface area contributed by atoms with E-state index in [4.69, 9.17) is 0 Å². The predicted octanol–water partition coefficient (Wildman–Crippen LogP) is 2.54. The first kappa shape index (κ1) is 14.5. The van der Waals surface area contributed by atoms with Gasteiger partial charge in [0.2, 0.25) is 0 Å². The summed E-state index contributed by atoms with van der Waals surface area (Å²) in [7, 11) is 3.41. The zero-order valence-electron chi connectivity index (χ0n) is 11.7. The molecule has 2 rings (SSSR count). The fourth-order valence-electron chi connectivity index (χ4n) is 1.81. The Balaban J connectivity index is 1.89. The zero-order chi connectivity index (χ0) is 14.4. The third-order valence-electron chi connectivity index (χ3n) is 3.00. The second-order valence-electron chi connectivity index (χ2n) is 4.53. The highest BCUT2D eigenvalue weighted by Gasteiger charge is 2.10. The Hall–Kier alpha value is -1.88. The Labute approximate surface area is 123 Å². The van der Waals surface area contributed by atoms with E-state index in [2.05, 4.69) is 26.8 Å². The van der Waals surface area contributed by atoms with Crippen LogP contribution >= 0.6 is 11.3 Å². The molecule has 106 valence electrons. The molecule has 1 aromatic carbocycles. The molecule has 0 radical (unpaired) electrons. The summed E-state index contributed by atoms with van der Waals surface area (Å²) in [5.41, 5.74) is 2.08. The minimum Gasteiger partial charge on any atom is -0.469 e. The van der Waals surface area contributed by atoms with Crippen LogP contribution in [0.3, 0.4) is 0 Å². The Morgan fingerprint density at radius 2 is 2.10 bits per heavy atom. The van der Waals surface area contributed by atoms with Gasteiger partial charge in [0.25, 0.3) is 0 Å². The van der Waals surface area contributed by atoms with Crippen LogP contribution in [0, 0.1) is 0 Å². The molecule has 0 N–H and O–H groups in total. The van der Waals surface area contributed by atoms with Crippen molar-refractivity contribution in [1.82, 2.24) is 4.98 Å². The largest absolute Gasteiger partial charge is 0.469 e. The molecule has 0 aliphatic rings. The number of likely N-dealkylation sites (N-methyl/N-ethyl adjacent to an activating group) is 1. The second-order valence-corrected chi connectivity index (χ2v) is 5.37. The lowest BCUT2D eigenvalue weighted by molar-refractivity contribution is -0.139. The van der Waals surface area contributed by atoms with Gasteiger partial charge in [-0.3, -0.25) is 4.79 Å². The maximum Gasteiger partial charge on any atom is 0.311 e. The molecule has 1 heterocycles. The van der Waals surface area contributed by atoms with Crippen molar-refractivity contribution in [3.8, 4) is 0 Å². The van der Waals surface area contributed by atoms with Gasteiger partial charge < -0.3 is 9.64 Å². The van der Waals surface area contributed by atoms with E-state index in [-0.39, 0.29) is 12.4 Å². The highest BCUT2D eigenvalue weighted by atomic mass is 32.1. The minimum atomic E-state index is -0.256. The van der Waals surface area contributed by atoms with Crippen molar-refractivity contribution in [1.29, 1.82) is 0 Å². The Kier molecular flexibility index (Phi) is 5.12. The molecule has 5 heteroatoms. The van der Waals surface area contributed by atoms with Gasteiger partial charge in [0.1, 0.15) is 0 Å². The molecule has 0 bridgehead atoms. The van der Waals surface area contributed by atoms with E-state index in [1.807, 2.05) is 30.6 Å². The molecular weight excluding hydrogens is 272 g/mol. The standard InChI is InChI=1S/C15H18N2O2S/c1-17(9-8-12-6-4-3-5-7-12)15-16-13(11-20-15)10-14(18)19-2/h3-7,11H,8-10H2,1-2H3. The van der Waals surface area contributed by atoms with Crippen LogP contribution in [-0.4, -0.2) is 31.7 Å². The first-order valence-corrected chi connectivity index (χ1v) is 7.33. The predicted molar refractivity (Wildman–Crippen MR) is 81.3 cm³/mol. The zero-order valence-corrected chi connectivity index (χ0v) is 12.5. The van der Waals surface area contributed by atoms with Gasteiger partial charge in [-0.1, -0.05) is 30.3 Å². The number of rotatable bonds is 6. The SMILES string of the molecule is COC(=O)Cc1csc(N(C)CCc2ccccc2)n1. The summed E-state index contributed by atoms with van der Waals surface area (Å²) in [6.07, 6.45) is 1.21. The number of carbonyl (C=O) groups is 1. The summed E-state index contributed by atoms with van der Waals surface area (Å²) in [5.74, 6) is -0.256. The fraction of sp³-hybridized carbons (Fsp3) is 0.333. The molecule has 1 aromatic heterocycles. The number of carbonyl (C=O) groups excluding carboxylic acids is 1. The van der Waals surface area contributed by atoms with E-state index in [1.165, 1.54) is 12.7 Å². The van der Waals surface area contributed by atoms with Gasteiger partial charge in [0, 0.05) is 19.0 Å². The molecular formula is C15H18N2O2S. The number of hydrogen-bond acceptors (Lipinski definition) is 5. The Morgan fingerprint density at radius 3 is 2.80 bits per heavy atom. The number of hydrogen-bond donors (Lipinski definition) is 0. The molecule has 2 aromatic rings. The number of aromatic nitrogens is 1. The van der Waals surface area contributed by atoms with Crippen molar-refractivity contribution < 1.29 is 9.53 Å². The number of ether oxygens (including phenoxy) is 1. The summed E-state index contributed by atoms with van der Waals surface area (Å²) in [6.45, 7) is 0.898. The van der Waals surface area contributed by atoms with Crippen LogP contribution in [0.25, 0.3) is 0 Å². The lowest BCUT2D eigenvalue weighted by Gasteiger charge is -2.15. The second kappa shape index (κ2) is 7.05. The summed E-state index contributed by atoms with van der Waals surface area (Å²) in [5, 5.41) is 2.84. The molecule has 0 saturated heterocycles. The average molecular weight is 290 g/mol. The van der Waals surface area contributed by atoms with Gasteiger partial charge in [0.05, 0.1) is 19.2 Å². The molecule has 0 amide bonds. The molecule has 20 heavy (non-hydrogen) atoms. The average Bonchev–Trinajstić information content (AvgIpc) is 2.94. The smallest absolute Gasteiger partial charge is 0.311 e. The summed E-state index contributed by atoms with van der Waals surface area (Å²) in [6, 6.07) is 10.4. The molecule has 0 fully saturated rings. The third-order valence-corrected chi connectivity index (χ3v) is 4.00. The van der Waals surface area contributed by atoms with Gasteiger partial charge in [-0.2, -0.15) is 0 Å². The van der Waals surface area contributed by atoms with Gasteiger partial charge in [0.15, 0.2) is 5.13 Å². The Morgan fingerprint density at radius 1 is 1.35 bits per heavy atom. The van der Waals surface area contributed by atoms with E-state index < -0.39 is 0 Å². The number of esters is 1. The molecule has 0 spiro atoms. The van der Waals surface area contributed by atoms with Crippen LogP contribution in [0.5, 0.6) is 0 Å². The first-order chi connectivity index (χ1) is 9.69. The molecule has 0 unspecified atom stereocenters. The monoisotopic (exact) mass is 290 g/mol. The number of nitrogens with zero attached hydrogens (tertiary/aromatic N) is 2. The van der Waals surface area contributed by atoms with E-state index >= 15 is 0 Å². The number of anilines is 1. The van der Waals surface area contributed by atoms with Crippen LogP contribution in [-0.2, 0) is 22.4 Å².